The van der Waals surface area contributed by atoms with Gasteiger partial charge in [0.1, 0.15) is 5.82 Å². The van der Waals surface area contributed by atoms with Gasteiger partial charge < -0.3 is 15.8 Å². The van der Waals surface area contributed by atoms with E-state index in [-0.39, 0.29) is 11.0 Å². The molecule has 1 aromatic carbocycles. The molecule has 6 heteroatoms. The minimum absolute atomic E-state index is 0.0847. The van der Waals surface area contributed by atoms with Crippen LogP contribution in [0, 0.1) is 5.41 Å². The van der Waals surface area contributed by atoms with Gasteiger partial charge in [0.2, 0.25) is 0 Å². The van der Waals surface area contributed by atoms with Gasteiger partial charge in [-0.25, -0.2) is 4.98 Å². The molecule has 4 heterocycles. The molecule has 1 aliphatic carbocycles. The Hall–Kier alpha value is -2.86. The molecule has 0 atom stereocenters. The topological polar surface area (TPSA) is 88.9 Å². The highest BCUT2D eigenvalue weighted by Gasteiger charge is 2.48. The van der Waals surface area contributed by atoms with Crippen molar-refractivity contribution in [2.45, 2.75) is 31.3 Å². The van der Waals surface area contributed by atoms with Gasteiger partial charge in [-0.15, -0.1) is 6.58 Å². The molecule has 6 rings (SSSR count). The predicted octanol–water partition coefficient (Wildman–Crippen LogP) is 4.13. The summed E-state index contributed by atoms with van der Waals surface area (Å²) in [4.78, 5) is 4.53. The molecule has 3 aromatic rings. The minimum Gasteiger partial charge on any atom is -0.384 e. The van der Waals surface area contributed by atoms with E-state index in [1.54, 1.807) is 6.20 Å². The number of nitrogen functional groups attached to an aromatic ring is 1. The Bertz CT molecular complexity index is 1000. The second-order valence-electron chi connectivity index (χ2n) is 8.21. The average molecular weight is 375 g/mol. The number of anilines is 2. The summed E-state index contributed by atoms with van der Waals surface area (Å²) >= 11 is 0. The van der Waals surface area contributed by atoms with Crippen LogP contribution in [0.3, 0.4) is 0 Å². The van der Waals surface area contributed by atoms with Crippen LogP contribution in [0.5, 0.6) is 0 Å². The fourth-order valence-electron chi connectivity index (χ4n) is 4.54. The standard InChI is InChI=1S/C22H25N5O/c1-2-22-8-6-21(7-9-22,14-28-22)13-24-18-12-20(23)26-19-11-15(3-4-16(18)19)17-5-10-25-27-17/h2-5,10-12H,1,6-9,13-14H2,(H,25,27)(H3,23,24,26). The van der Waals surface area contributed by atoms with Gasteiger partial charge in [-0.1, -0.05) is 18.2 Å². The molecule has 2 aromatic heterocycles. The first kappa shape index (κ1) is 17.3. The van der Waals surface area contributed by atoms with Crippen LogP contribution < -0.4 is 11.1 Å². The Balaban J connectivity index is 1.41. The van der Waals surface area contributed by atoms with Crippen LogP contribution >= 0.6 is 0 Å². The summed E-state index contributed by atoms with van der Waals surface area (Å²) in [5.41, 5.74) is 10.1. The van der Waals surface area contributed by atoms with Gasteiger partial charge in [0.15, 0.2) is 0 Å². The number of H-pyrrole nitrogens is 1. The fourth-order valence-corrected chi connectivity index (χ4v) is 4.54. The van der Waals surface area contributed by atoms with Crippen molar-refractivity contribution in [3.8, 4) is 11.3 Å². The van der Waals surface area contributed by atoms with Crippen LogP contribution in [0.15, 0.2) is 49.2 Å². The number of benzene rings is 1. The lowest BCUT2D eigenvalue weighted by Gasteiger charge is -2.52. The van der Waals surface area contributed by atoms with Crippen LogP contribution in [0.1, 0.15) is 25.7 Å². The predicted molar refractivity (Wildman–Crippen MR) is 112 cm³/mol. The van der Waals surface area contributed by atoms with Gasteiger partial charge in [0, 0.05) is 40.9 Å². The first-order chi connectivity index (χ1) is 13.6. The smallest absolute Gasteiger partial charge is 0.126 e. The van der Waals surface area contributed by atoms with E-state index in [2.05, 4.69) is 39.2 Å². The number of hydrogen-bond acceptors (Lipinski definition) is 5. The molecule has 2 aliphatic heterocycles. The molecule has 2 bridgehead atoms. The van der Waals surface area contributed by atoms with Crippen molar-refractivity contribution >= 4 is 22.4 Å². The molecule has 0 radical (unpaired) electrons. The maximum absolute atomic E-state index is 6.17. The van der Waals surface area contributed by atoms with E-state index in [0.29, 0.717) is 5.82 Å². The largest absolute Gasteiger partial charge is 0.384 e. The lowest BCUT2D eigenvalue weighted by molar-refractivity contribution is -0.152. The number of aromatic amines is 1. The molecule has 144 valence electrons. The maximum atomic E-state index is 6.17. The lowest BCUT2D eigenvalue weighted by Crippen LogP contribution is -2.52. The van der Waals surface area contributed by atoms with Crippen molar-refractivity contribution in [3.63, 3.8) is 0 Å². The van der Waals surface area contributed by atoms with Gasteiger partial charge in [0.25, 0.3) is 0 Å². The summed E-state index contributed by atoms with van der Waals surface area (Å²) in [6.45, 7) is 5.63. The number of pyridine rings is 1. The van der Waals surface area contributed by atoms with E-state index in [1.165, 1.54) is 0 Å². The molecule has 0 unspecified atom stereocenters. The molecule has 0 amide bonds. The average Bonchev–Trinajstić information content (AvgIpc) is 3.28. The summed E-state index contributed by atoms with van der Waals surface area (Å²) in [6, 6.07) is 10.1. The minimum atomic E-state index is -0.0847. The summed E-state index contributed by atoms with van der Waals surface area (Å²) in [5, 5.41) is 11.7. The van der Waals surface area contributed by atoms with Crippen LogP contribution in [-0.2, 0) is 4.74 Å². The van der Waals surface area contributed by atoms with Gasteiger partial charge in [-0.2, -0.15) is 5.10 Å². The first-order valence-electron chi connectivity index (χ1n) is 9.82. The molecule has 0 spiro atoms. The molecule has 28 heavy (non-hydrogen) atoms. The lowest BCUT2D eigenvalue weighted by atomic mass is 9.66. The van der Waals surface area contributed by atoms with E-state index in [1.807, 2.05) is 24.3 Å². The number of nitrogens with zero attached hydrogens (tertiary/aromatic N) is 2. The van der Waals surface area contributed by atoms with Crippen LogP contribution in [0.4, 0.5) is 11.5 Å². The van der Waals surface area contributed by atoms with Gasteiger partial charge in [-0.3, -0.25) is 5.10 Å². The summed E-state index contributed by atoms with van der Waals surface area (Å²) in [7, 11) is 0. The number of hydrogen-bond donors (Lipinski definition) is 3. The number of nitrogens with one attached hydrogen (secondary N) is 2. The van der Waals surface area contributed by atoms with Crippen molar-refractivity contribution in [2.75, 3.05) is 24.2 Å². The van der Waals surface area contributed by atoms with Crippen LogP contribution in [0.25, 0.3) is 22.2 Å². The van der Waals surface area contributed by atoms with E-state index in [4.69, 9.17) is 10.5 Å². The van der Waals surface area contributed by atoms with Gasteiger partial charge in [-0.05, 0) is 37.8 Å². The second kappa shape index (κ2) is 6.34. The highest BCUT2D eigenvalue weighted by Crippen LogP contribution is 2.49. The number of nitrogens with two attached hydrogens (primary N) is 1. The molecule has 6 nitrogen and oxygen atoms in total. The molecule has 4 N–H and O–H groups in total. The van der Waals surface area contributed by atoms with Crippen molar-refractivity contribution in [2.24, 2.45) is 5.41 Å². The molecule has 2 saturated heterocycles. The highest BCUT2D eigenvalue weighted by molar-refractivity contribution is 5.95. The van der Waals surface area contributed by atoms with E-state index in [0.717, 1.165) is 66.7 Å². The third-order valence-corrected chi connectivity index (χ3v) is 6.49. The number of rotatable bonds is 5. The quantitative estimate of drug-likeness (QED) is 0.583. The van der Waals surface area contributed by atoms with Crippen molar-refractivity contribution < 1.29 is 4.74 Å². The van der Waals surface area contributed by atoms with Crippen molar-refractivity contribution in [1.29, 1.82) is 0 Å². The highest BCUT2D eigenvalue weighted by atomic mass is 16.5. The second-order valence-corrected chi connectivity index (χ2v) is 8.21. The van der Waals surface area contributed by atoms with Crippen molar-refractivity contribution in [3.05, 3.63) is 49.2 Å². The third kappa shape index (κ3) is 2.85. The Morgan fingerprint density at radius 1 is 1.21 bits per heavy atom. The number of aromatic nitrogens is 3. The van der Waals surface area contributed by atoms with Gasteiger partial charge in [0.05, 0.1) is 23.4 Å². The van der Waals surface area contributed by atoms with Gasteiger partial charge >= 0.3 is 0 Å². The summed E-state index contributed by atoms with van der Waals surface area (Å²) in [6.07, 6.45) is 8.19. The van der Waals surface area contributed by atoms with Crippen LogP contribution in [0.2, 0.25) is 0 Å². The van der Waals surface area contributed by atoms with Crippen LogP contribution in [-0.4, -0.2) is 33.9 Å². The van der Waals surface area contributed by atoms with E-state index >= 15 is 0 Å². The van der Waals surface area contributed by atoms with E-state index < -0.39 is 0 Å². The molecule has 3 fully saturated rings. The molecular formula is C22H25N5O. The zero-order valence-corrected chi connectivity index (χ0v) is 15.9. The molecule has 1 saturated carbocycles. The SMILES string of the molecule is C=CC12CCC(CNc3cc(N)nc4cc(-c5ccn[nH]5)ccc34)(CC1)CO2. The Morgan fingerprint density at radius 3 is 2.75 bits per heavy atom. The van der Waals surface area contributed by atoms with Crippen molar-refractivity contribution in [1.82, 2.24) is 15.2 Å². The maximum Gasteiger partial charge on any atom is 0.126 e. The zero-order valence-electron chi connectivity index (χ0n) is 15.9. The Labute approximate surface area is 164 Å². The number of ether oxygens (including phenoxy) is 1. The zero-order chi connectivity index (χ0) is 19.2. The normalized spacial score (nSPS) is 26.4. The first-order valence-corrected chi connectivity index (χ1v) is 9.82. The summed E-state index contributed by atoms with van der Waals surface area (Å²) in [5.74, 6) is 0.517. The Kier molecular flexibility index (Phi) is 3.91. The number of fused-ring (bicyclic) bond motifs is 4. The summed E-state index contributed by atoms with van der Waals surface area (Å²) < 4.78 is 6.17. The fraction of sp³-hybridized carbons (Fsp3) is 0.364. The Morgan fingerprint density at radius 2 is 2.07 bits per heavy atom. The monoisotopic (exact) mass is 375 g/mol. The molecule has 3 aliphatic rings. The third-order valence-electron chi connectivity index (χ3n) is 6.49. The van der Waals surface area contributed by atoms with E-state index in [9.17, 15) is 0 Å². The molecular weight excluding hydrogens is 350 g/mol.